The molecule has 1 amide bonds. The van der Waals surface area contributed by atoms with Crippen molar-refractivity contribution < 1.29 is 18.0 Å². The molecule has 3 aromatic rings. The summed E-state index contributed by atoms with van der Waals surface area (Å²) in [6.45, 7) is 0. The summed E-state index contributed by atoms with van der Waals surface area (Å²) in [4.78, 5) is 22.6. The highest BCUT2D eigenvalue weighted by atomic mass is 19.4. The molecule has 1 aliphatic heterocycles. The standard InChI is InChI=1S/C15H8F3N5O/c16-15(17,18)11-6-23-10(5-20-13(23)12(19)22-11)7-1-2-9-8(3-7)4-21-14(9)24/h1-6H,(H2,19,22). The number of halogens is 3. The average molecular weight is 331 g/mol. The van der Waals surface area contributed by atoms with Gasteiger partial charge < -0.3 is 5.73 Å². The van der Waals surface area contributed by atoms with E-state index in [-0.39, 0.29) is 17.4 Å². The van der Waals surface area contributed by atoms with E-state index in [0.29, 0.717) is 22.4 Å². The number of hydrogen-bond donors (Lipinski definition) is 1. The molecule has 2 N–H and O–H groups in total. The van der Waals surface area contributed by atoms with Crippen molar-refractivity contribution >= 4 is 23.6 Å². The third kappa shape index (κ3) is 2.05. The van der Waals surface area contributed by atoms with Gasteiger partial charge in [-0.25, -0.2) is 15.0 Å². The zero-order valence-corrected chi connectivity index (χ0v) is 11.9. The van der Waals surface area contributed by atoms with Crippen LogP contribution in [0.2, 0.25) is 0 Å². The molecule has 0 unspecified atom stereocenters. The van der Waals surface area contributed by atoms with Crippen molar-refractivity contribution in [3.63, 3.8) is 0 Å². The van der Waals surface area contributed by atoms with Crippen molar-refractivity contribution in [1.29, 1.82) is 0 Å². The van der Waals surface area contributed by atoms with E-state index in [1.165, 1.54) is 16.8 Å². The fourth-order valence-corrected chi connectivity index (χ4v) is 2.58. The number of aliphatic imine (C=N–C) groups is 1. The third-order valence-electron chi connectivity index (χ3n) is 3.71. The van der Waals surface area contributed by atoms with Crippen LogP contribution in [0.5, 0.6) is 0 Å². The van der Waals surface area contributed by atoms with Gasteiger partial charge in [-0.3, -0.25) is 9.20 Å². The molecule has 2 aromatic heterocycles. The first-order chi connectivity index (χ1) is 11.3. The van der Waals surface area contributed by atoms with Gasteiger partial charge in [0.1, 0.15) is 0 Å². The van der Waals surface area contributed by atoms with E-state index < -0.39 is 11.9 Å². The zero-order valence-electron chi connectivity index (χ0n) is 11.9. The number of hydrogen-bond acceptors (Lipinski definition) is 4. The Morgan fingerprint density at radius 2 is 2.00 bits per heavy atom. The number of aromatic nitrogens is 3. The molecule has 6 nitrogen and oxygen atoms in total. The lowest BCUT2D eigenvalue weighted by Crippen LogP contribution is -2.12. The molecule has 0 atom stereocenters. The van der Waals surface area contributed by atoms with Crippen molar-refractivity contribution in [2.45, 2.75) is 6.18 Å². The molecule has 0 spiro atoms. The van der Waals surface area contributed by atoms with Crippen LogP contribution in [-0.2, 0) is 6.18 Å². The minimum Gasteiger partial charge on any atom is -0.381 e. The Hall–Kier alpha value is -3.23. The normalized spacial score (nSPS) is 13.7. The van der Waals surface area contributed by atoms with Crippen LogP contribution in [0.3, 0.4) is 0 Å². The zero-order chi connectivity index (χ0) is 17.1. The van der Waals surface area contributed by atoms with Crippen LogP contribution in [0.1, 0.15) is 21.6 Å². The number of nitrogens with zero attached hydrogens (tertiary/aromatic N) is 4. The molecule has 0 bridgehead atoms. The second-order valence-corrected chi connectivity index (χ2v) is 5.21. The van der Waals surface area contributed by atoms with E-state index in [1.54, 1.807) is 18.2 Å². The minimum absolute atomic E-state index is 0.128. The quantitative estimate of drug-likeness (QED) is 0.742. The predicted molar refractivity (Wildman–Crippen MR) is 79.8 cm³/mol. The molecule has 1 aliphatic rings. The summed E-state index contributed by atoms with van der Waals surface area (Å²) in [7, 11) is 0. The SMILES string of the molecule is Nc1nc(C(F)(F)F)cn2c(-c3ccc4c(c3)C=NC4=O)cnc12. The number of nitrogen functional groups attached to an aromatic ring is 1. The Kier molecular flexibility index (Phi) is 2.77. The molecule has 9 heteroatoms. The van der Waals surface area contributed by atoms with Gasteiger partial charge in [0.2, 0.25) is 0 Å². The summed E-state index contributed by atoms with van der Waals surface area (Å²) >= 11 is 0. The van der Waals surface area contributed by atoms with Crippen LogP contribution in [0.25, 0.3) is 16.9 Å². The number of alkyl halides is 3. The highest BCUT2D eigenvalue weighted by molar-refractivity contribution is 6.13. The van der Waals surface area contributed by atoms with Gasteiger partial charge in [-0.15, -0.1) is 0 Å². The first-order valence-corrected chi connectivity index (χ1v) is 6.78. The Morgan fingerprint density at radius 3 is 2.75 bits per heavy atom. The highest BCUT2D eigenvalue weighted by Gasteiger charge is 2.34. The van der Waals surface area contributed by atoms with E-state index >= 15 is 0 Å². The van der Waals surface area contributed by atoms with Crippen molar-refractivity contribution in [3.05, 3.63) is 47.4 Å². The molecule has 3 heterocycles. The predicted octanol–water partition coefficient (Wildman–Crippen LogP) is 2.57. The number of nitrogens with two attached hydrogens (primary N) is 1. The highest BCUT2D eigenvalue weighted by Crippen LogP contribution is 2.31. The molecule has 120 valence electrons. The number of imidazole rings is 1. The van der Waals surface area contributed by atoms with E-state index in [2.05, 4.69) is 15.0 Å². The maximum absolute atomic E-state index is 13.0. The lowest BCUT2D eigenvalue weighted by atomic mass is 10.0. The topological polar surface area (TPSA) is 85.6 Å². The monoisotopic (exact) mass is 331 g/mol. The van der Waals surface area contributed by atoms with Gasteiger partial charge in [-0.1, -0.05) is 6.07 Å². The summed E-state index contributed by atoms with van der Waals surface area (Å²) in [5, 5.41) is 0. The second-order valence-electron chi connectivity index (χ2n) is 5.21. The summed E-state index contributed by atoms with van der Waals surface area (Å²) in [6.07, 6.45) is -0.952. The molecule has 0 aliphatic carbocycles. The third-order valence-corrected chi connectivity index (χ3v) is 3.71. The molecule has 0 saturated heterocycles. The number of benzene rings is 1. The van der Waals surface area contributed by atoms with Crippen LogP contribution in [0.4, 0.5) is 19.0 Å². The molecule has 24 heavy (non-hydrogen) atoms. The Morgan fingerprint density at radius 1 is 1.21 bits per heavy atom. The summed E-state index contributed by atoms with van der Waals surface area (Å²) in [6, 6.07) is 4.87. The fourth-order valence-electron chi connectivity index (χ4n) is 2.58. The Bertz CT molecular complexity index is 1040. The van der Waals surface area contributed by atoms with Crippen LogP contribution >= 0.6 is 0 Å². The maximum Gasteiger partial charge on any atom is 0.434 e. The lowest BCUT2D eigenvalue weighted by molar-refractivity contribution is -0.141. The average Bonchev–Trinajstić information content (AvgIpc) is 3.10. The van der Waals surface area contributed by atoms with Gasteiger partial charge in [-0.05, 0) is 12.1 Å². The van der Waals surface area contributed by atoms with E-state index in [0.717, 1.165) is 6.20 Å². The minimum atomic E-state index is -4.62. The van der Waals surface area contributed by atoms with Gasteiger partial charge in [-0.2, -0.15) is 13.2 Å². The molecular weight excluding hydrogens is 323 g/mol. The van der Waals surface area contributed by atoms with Crippen molar-refractivity contribution in [1.82, 2.24) is 14.4 Å². The summed E-state index contributed by atoms with van der Waals surface area (Å²) < 4.78 is 40.1. The number of amides is 1. The van der Waals surface area contributed by atoms with Crippen molar-refractivity contribution in [3.8, 4) is 11.3 Å². The van der Waals surface area contributed by atoms with Crippen molar-refractivity contribution in [2.75, 3.05) is 5.73 Å². The summed E-state index contributed by atoms with van der Waals surface area (Å²) in [5.41, 5.74) is 6.65. The molecule has 0 saturated carbocycles. The first kappa shape index (κ1) is 14.4. The molecule has 4 rings (SSSR count). The maximum atomic E-state index is 13.0. The number of carbonyl (C=O) groups is 1. The Labute approximate surface area is 132 Å². The van der Waals surface area contributed by atoms with E-state index in [4.69, 9.17) is 5.73 Å². The second kappa shape index (κ2) is 4.63. The molecule has 0 fully saturated rings. The van der Waals surface area contributed by atoms with Crippen LogP contribution in [0.15, 0.2) is 35.6 Å². The van der Waals surface area contributed by atoms with E-state index in [1.807, 2.05) is 0 Å². The van der Waals surface area contributed by atoms with Gasteiger partial charge >= 0.3 is 6.18 Å². The Balaban J connectivity index is 1.93. The van der Waals surface area contributed by atoms with Gasteiger partial charge in [0.05, 0.1) is 17.5 Å². The van der Waals surface area contributed by atoms with Crippen LogP contribution < -0.4 is 5.73 Å². The fraction of sp³-hybridized carbons (Fsp3) is 0.0667. The molecular formula is C15H8F3N5O. The molecule has 1 aromatic carbocycles. The van der Waals surface area contributed by atoms with Gasteiger partial charge in [0.25, 0.3) is 5.91 Å². The van der Waals surface area contributed by atoms with Gasteiger partial charge in [0.15, 0.2) is 17.2 Å². The molecule has 0 radical (unpaired) electrons. The summed E-state index contributed by atoms with van der Waals surface area (Å²) in [5.74, 6) is -0.656. The van der Waals surface area contributed by atoms with Crippen molar-refractivity contribution in [2.24, 2.45) is 4.99 Å². The first-order valence-electron chi connectivity index (χ1n) is 6.78. The van der Waals surface area contributed by atoms with Crippen LogP contribution in [0, 0.1) is 0 Å². The lowest BCUT2D eigenvalue weighted by Gasteiger charge is -2.09. The largest absolute Gasteiger partial charge is 0.434 e. The van der Waals surface area contributed by atoms with Gasteiger partial charge in [0, 0.05) is 23.5 Å². The smallest absolute Gasteiger partial charge is 0.381 e. The number of anilines is 1. The number of fused-ring (bicyclic) bond motifs is 2. The van der Waals surface area contributed by atoms with Crippen LogP contribution in [-0.4, -0.2) is 26.5 Å². The van der Waals surface area contributed by atoms with E-state index in [9.17, 15) is 18.0 Å². The number of carbonyl (C=O) groups excluding carboxylic acids is 1. The number of rotatable bonds is 1.